The van der Waals surface area contributed by atoms with Gasteiger partial charge in [-0.2, -0.15) is 4.72 Å². The molecule has 2 unspecified atom stereocenters. The quantitative estimate of drug-likeness (QED) is 0.328. The maximum atomic E-state index is 13.8. The van der Waals surface area contributed by atoms with Gasteiger partial charge in [-0.3, -0.25) is 5.41 Å². The van der Waals surface area contributed by atoms with E-state index in [1.54, 1.807) is 13.2 Å². The smallest absolute Gasteiger partial charge is 0.394 e. The maximum absolute atomic E-state index is 13.8. The molecule has 2 aromatic carbocycles. The van der Waals surface area contributed by atoms with Crippen molar-refractivity contribution in [1.82, 2.24) is 4.72 Å². The van der Waals surface area contributed by atoms with Crippen LogP contribution in [0.3, 0.4) is 0 Å². The van der Waals surface area contributed by atoms with Gasteiger partial charge in [-0.1, -0.05) is 25.1 Å². The first-order chi connectivity index (χ1) is 14.6. The van der Waals surface area contributed by atoms with Gasteiger partial charge in [-0.15, -0.1) is 11.8 Å². The van der Waals surface area contributed by atoms with Gasteiger partial charge in [0, 0.05) is 10.8 Å². The molecule has 0 spiro atoms. The van der Waals surface area contributed by atoms with Gasteiger partial charge in [0.15, 0.2) is 0 Å². The summed E-state index contributed by atoms with van der Waals surface area (Å²) in [5, 5.41) is 8.19. The summed E-state index contributed by atoms with van der Waals surface area (Å²) in [7, 11) is -4.16. The minimum absolute atomic E-state index is 0.152. The zero-order valence-electron chi connectivity index (χ0n) is 17.1. The summed E-state index contributed by atoms with van der Waals surface area (Å²) in [5.74, 6) is -1.65. The van der Waals surface area contributed by atoms with Crippen LogP contribution in [0.15, 0.2) is 46.2 Å². The van der Waals surface area contributed by atoms with E-state index in [1.807, 2.05) is 18.2 Å². The lowest BCUT2D eigenvalue weighted by Gasteiger charge is -2.26. The molecular weight excluding hydrogens is 441 g/mol. The normalized spacial score (nSPS) is 15.2. The third-order valence-corrected chi connectivity index (χ3v) is 7.57. The van der Waals surface area contributed by atoms with Crippen molar-refractivity contribution in [2.45, 2.75) is 47.9 Å². The van der Waals surface area contributed by atoms with Gasteiger partial charge < -0.3 is 10.5 Å². The highest BCUT2D eigenvalue weighted by Gasteiger charge is 2.33. The van der Waals surface area contributed by atoms with E-state index in [0.29, 0.717) is 0 Å². The van der Waals surface area contributed by atoms with Crippen LogP contribution in [0.5, 0.6) is 0 Å². The number of carbonyl (C=O) groups is 1. The number of nitrogens with one attached hydrogen (secondary N) is 2. The first-order valence-corrected chi connectivity index (χ1v) is 12.4. The van der Waals surface area contributed by atoms with Gasteiger partial charge in [0.05, 0.1) is 4.90 Å². The molecule has 166 valence electrons. The Kier molecular flexibility index (Phi) is 7.03. The number of aryl methyl sites for hydroxylation is 1. The highest BCUT2D eigenvalue weighted by Crippen LogP contribution is 2.32. The van der Waals surface area contributed by atoms with E-state index in [-0.39, 0.29) is 9.79 Å². The molecule has 2 aromatic rings. The molecule has 1 aliphatic carbocycles. The first kappa shape index (κ1) is 23.2. The molecule has 0 aromatic heterocycles. The third kappa shape index (κ3) is 5.08. The number of hydrogen-bond donors (Lipinski definition) is 3. The Balaban J connectivity index is 1.99. The Bertz CT molecular complexity index is 1120. The number of hydrogen-bond acceptors (Lipinski definition) is 6. The number of primary amides is 1. The molecule has 1 aliphatic rings. The molecule has 1 amide bonds. The van der Waals surface area contributed by atoms with E-state index in [9.17, 15) is 17.6 Å². The molecular formula is C21H24FN3O4S2. The lowest BCUT2D eigenvalue weighted by molar-refractivity contribution is 0.204. The zero-order chi connectivity index (χ0) is 22.8. The SMILES string of the molecule is CSc1cc(S(=O)(=O)NC(C(=N)OC(N)=O)C(C)c2cccc3c2CCC3)ccc1F. The highest BCUT2D eigenvalue weighted by atomic mass is 32.2. The third-order valence-electron chi connectivity index (χ3n) is 5.38. The molecule has 0 saturated carbocycles. The standard InChI is InChI=1S/C21H24FN3O4S2/c1-12(15-7-3-5-13-6-4-8-16(13)15)19(20(23)29-21(24)26)25-31(27,28)14-9-10-17(22)18(11-14)30-2/h3,5,7,9-12,19,23,25H,4,6,8H2,1-2H3,(H2,24,26). The van der Waals surface area contributed by atoms with Gasteiger partial charge in [0.25, 0.3) is 0 Å². The van der Waals surface area contributed by atoms with Gasteiger partial charge in [0.1, 0.15) is 11.9 Å². The number of sulfonamides is 1. The van der Waals surface area contributed by atoms with Crippen LogP contribution in [-0.2, 0) is 27.6 Å². The van der Waals surface area contributed by atoms with E-state index in [4.69, 9.17) is 15.9 Å². The monoisotopic (exact) mass is 465 g/mol. The van der Waals surface area contributed by atoms with Crippen LogP contribution in [-0.4, -0.2) is 32.7 Å². The first-order valence-electron chi connectivity index (χ1n) is 9.66. The summed E-state index contributed by atoms with van der Waals surface area (Å²) in [5.41, 5.74) is 8.26. The minimum Gasteiger partial charge on any atom is -0.394 e. The second kappa shape index (κ2) is 9.37. The Morgan fingerprint density at radius 3 is 2.71 bits per heavy atom. The number of halogens is 1. The van der Waals surface area contributed by atoms with Crippen LogP contribution < -0.4 is 10.5 Å². The van der Waals surface area contributed by atoms with Crippen molar-refractivity contribution in [3.63, 3.8) is 0 Å². The fourth-order valence-electron chi connectivity index (χ4n) is 3.85. The maximum Gasteiger partial charge on any atom is 0.411 e. The molecule has 0 heterocycles. The number of nitrogens with two attached hydrogens (primary N) is 1. The van der Waals surface area contributed by atoms with Gasteiger partial charge in [-0.05, 0) is 60.4 Å². The Morgan fingerprint density at radius 1 is 1.29 bits per heavy atom. The van der Waals surface area contributed by atoms with Crippen molar-refractivity contribution in [2.24, 2.45) is 5.73 Å². The van der Waals surface area contributed by atoms with Gasteiger partial charge in [0.2, 0.25) is 15.9 Å². The van der Waals surface area contributed by atoms with Crippen LogP contribution in [0.1, 0.15) is 36.0 Å². The second-order valence-electron chi connectivity index (χ2n) is 7.31. The van der Waals surface area contributed by atoms with E-state index < -0.39 is 39.8 Å². The van der Waals surface area contributed by atoms with Crippen molar-refractivity contribution >= 4 is 33.8 Å². The van der Waals surface area contributed by atoms with E-state index in [0.717, 1.165) is 54.3 Å². The number of benzene rings is 2. The predicted octanol–water partition coefficient (Wildman–Crippen LogP) is 3.56. The Labute approximate surface area is 185 Å². The molecule has 4 N–H and O–H groups in total. The number of amides is 1. The summed E-state index contributed by atoms with van der Waals surface area (Å²) < 4.78 is 47.2. The van der Waals surface area contributed by atoms with Crippen molar-refractivity contribution in [3.05, 3.63) is 58.9 Å². The number of rotatable bonds is 7. The molecule has 3 rings (SSSR count). The van der Waals surface area contributed by atoms with E-state index in [1.165, 1.54) is 11.6 Å². The van der Waals surface area contributed by atoms with Gasteiger partial charge in [-0.25, -0.2) is 17.6 Å². The number of thioether (sulfide) groups is 1. The fraction of sp³-hybridized carbons (Fsp3) is 0.333. The van der Waals surface area contributed by atoms with Crippen molar-refractivity contribution in [3.8, 4) is 0 Å². The average Bonchev–Trinajstić information content (AvgIpc) is 3.20. The molecule has 31 heavy (non-hydrogen) atoms. The topological polar surface area (TPSA) is 122 Å². The molecule has 0 saturated heterocycles. The molecule has 7 nitrogen and oxygen atoms in total. The van der Waals surface area contributed by atoms with Gasteiger partial charge >= 0.3 is 6.09 Å². The zero-order valence-corrected chi connectivity index (χ0v) is 18.8. The number of carbonyl (C=O) groups excluding carboxylic acids is 1. The molecule has 0 bridgehead atoms. The van der Waals surface area contributed by atoms with Crippen LogP contribution in [0.4, 0.5) is 9.18 Å². The molecule has 0 aliphatic heterocycles. The number of ether oxygens (including phenoxy) is 1. The number of fused-ring (bicyclic) bond motifs is 1. The van der Waals surface area contributed by atoms with Crippen molar-refractivity contribution in [1.29, 1.82) is 5.41 Å². The largest absolute Gasteiger partial charge is 0.411 e. The van der Waals surface area contributed by atoms with Crippen LogP contribution >= 0.6 is 11.8 Å². The Hall–Kier alpha value is -2.43. The molecule has 10 heteroatoms. The second-order valence-corrected chi connectivity index (χ2v) is 9.87. The summed E-state index contributed by atoms with van der Waals surface area (Å²) in [6, 6.07) is 8.08. The highest BCUT2D eigenvalue weighted by molar-refractivity contribution is 7.98. The van der Waals surface area contributed by atoms with Crippen LogP contribution in [0.25, 0.3) is 0 Å². The van der Waals surface area contributed by atoms with Crippen LogP contribution in [0.2, 0.25) is 0 Å². The molecule has 0 radical (unpaired) electrons. The Morgan fingerprint density at radius 2 is 2.03 bits per heavy atom. The molecule has 0 fully saturated rings. The van der Waals surface area contributed by atoms with E-state index >= 15 is 0 Å². The van der Waals surface area contributed by atoms with Crippen molar-refractivity contribution < 1.29 is 22.3 Å². The van der Waals surface area contributed by atoms with E-state index in [2.05, 4.69) is 4.72 Å². The van der Waals surface area contributed by atoms with Crippen molar-refractivity contribution in [2.75, 3.05) is 6.26 Å². The predicted molar refractivity (Wildman–Crippen MR) is 118 cm³/mol. The minimum atomic E-state index is -4.16. The lowest BCUT2D eigenvalue weighted by atomic mass is 9.88. The molecule has 2 atom stereocenters. The summed E-state index contributed by atoms with van der Waals surface area (Å²) >= 11 is 1.08. The summed E-state index contributed by atoms with van der Waals surface area (Å²) in [4.78, 5) is 11.3. The summed E-state index contributed by atoms with van der Waals surface area (Å²) in [6.07, 6.45) is 3.23. The summed E-state index contributed by atoms with van der Waals surface area (Å²) in [6.45, 7) is 1.76. The van der Waals surface area contributed by atoms with Crippen LogP contribution in [0, 0.1) is 11.2 Å². The lowest BCUT2D eigenvalue weighted by Crippen LogP contribution is -2.46. The average molecular weight is 466 g/mol. The fourth-order valence-corrected chi connectivity index (χ4v) is 5.74.